The molecule has 152 valence electrons. The van der Waals surface area contributed by atoms with Gasteiger partial charge in [-0.1, -0.05) is 48.9 Å². The molecule has 1 aliphatic heterocycles. The molecule has 1 amide bonds. The number of rotatable bonds is 5. The molecular formula is C24H21ClN2O2S. The molecule has 30 heavy (non-hydrogen) atoms. The minimum atomic E-state index is -0.167. The number of halogens is 1. The van der Waals surface area contributed by atoms with Crippen molar-refractivity contribution in [2.75, 3.05) is 6.61 Å². The number of benzene rings is 3. The predicted molar refractivity (Wildman–Crippen MR) is 127 cm³/mol. The number of nitrogens with one attached hydrogen (secondary N) is 1. The van der Waals surface area contributed by atoms with E-state index in [1.165, 1.54) is 11.8 Å². The maximum absolute atomic E-state index is 12.6. The zero-order chi connectivity index (χ0) is 21.1. The van der Waals surface area contributed by atoms with Crippen molar-refractivity contribution in [3.05, 3.63) is 75.7 Å². The molecular weight excluding hydrogens is 416 g/mol. The van der Waals surface area contributed by atoms with E-state index in [1.54, 1.807) is 6.07 Å². The summed E-state index contributed by atoms with van der Waals surface area (Å²) in [5.74, 6) is 0.607. The van der Waals surface area contributed by atoms with E-state index in [2.05, 4.69) is 23.3 Å². The molecule has 1 aliphatic rings. The van der Waals surface area contributed by atoms with Gasteiger partial charge in [-0.2, -0.15) is 0 Å². The highest BCUT2D eigenvalue weighted by Crippen LogP contribution is 2.35. The van der Waals surface area contributed by atoms with Crippen LogP contribution >= 0.6 is 23.4 Å². The van der Waals surface area contributed by atoms with E-state index in [-0.39, 0.29) is 5.91 Å². The van der Waals surface area contributed by atoms with E-state index >= 15 is 0 Å². The maximum Gasteiger partial charge on any atom is 0.264 e. The van der Waals surface area contributed by atoms with Crippen molar-refractivity contribution in [1.82, 2.24) is 5.32 Å². The molecule has 3 aromatic carbocycles. The first-order valence-corrected chi connectivity index (χ1v) is 10.9. The second-order valence-electron chi connectivity index (χ2n) is 6.96. The van der Waals surface area contributed by atoms with Crippen molar-refractivity contribution in [3.63, 3.8) is 0 Å². The molecule has 4 rings (SSSR count). The lowest BCUT2D eigenvalue weighted by atomic mass is 10.0. The van der Waals surface area contributed by atoms with E-state index in [4.69, 9.17) is 16.3 Å². The number of hydrogen-bond donors (Lipinski definition) is 1. The van der Waals surface area contributed by atoms with Crippen LogP contribution in [-0.2, 0) is 4.79 Å². The highest BCUT2D eigenvalue weighted by molar-refractivity contribution is 8.18. The van der Waals surface area contributed by atoms with E-state index in [0.29, 0.717) is 21.7 Å². The largest absolute Gasteiger partial charge is 0.493 e. The third kappa shape index (κ3) is 4.37. The molecule has 0 unspecified atom stereocenters. The fourth-order valence-corrected chi connectivity index (χ4v) is 4.27. The minimum absolute atomic E-state index is 0.167. The summed E-state index contributed by atoms with van der Waals surface area (Å²) in [6, 6.07) is 17.6. The van der Waals surface area contributed by atoms with Gasteiger partial charge in [-0.25, -0.2) is 4.99 Å². The average Bonchev–Trinajstić information content (AvgIpc) is 3.08. The molecule has 0 spiro atoms. The van der Waals surface area contributed by atoms with Gasteiger partial charge in [0.25, 0.3) is 5.91 Å². The molecule has 6 heteroatoms. The predicted octanol–water partition coefficient (Wildman–Crippen LogP) is 6.48. The number of hydrogen-bond acceptors (Lipinski definition) is 4. The first-order valence-electron chi connectivity index (χ1n) is 9.75. The SMILES string of the molecule is CCCOc1ccc2ccccc2c1/C=C1\SC(=Nc2ccc(Cl)cc2C)NC1=O. The van der Waals surface area contributed by atoms with Gasteiger partial charge in [0.1, 0.15) is 5.75 Å². The molecule has 1 heterocycles. The van der Waals surface area contributed by atoms with Crippen molar-refractivity contribution in [1.29, 1.82) is 0 Å². The molecule has 4 nitrogen and oxygen atoms in total. The number of aryl methyl sites for hydroxylation is 1. The summed E-state index contributed by atoms with van der Waals surface area (Å²) in [6.45, 7) is 4.63. The van der Waals surface area contributed by atoms with Gasteiger partial charge < -0.3 is 10.1 Å². The first kappa shape index (κ1) is 20.5. The Morgan fingerprint density at radius 3 is 2.80 bits per heavy atom. The van der Waals surface area contributed by atoms with Gasteiger partial charge >= 0.3 is 0 Å². The Labute approximate surface area is 185 Å². The topological polar surface area (TPSA) is 50.7 Å². The second-order valence-corrected chi connectivity index (χ2v) is 8.43. The zero-order valence-corrected chi connectivity index (χ0v) is 18.3. The fraction of sp³-hybridized carbons (Fsp3) is 0.167. The number of fused-ring (bicyclic) bond motifs is 1. The molecule has 0 atom stereocenters. The molecule has 0 bridgehead atoms. The van der Waals surface area contributed by atoms with E-state index in [0.717, 1.165) is 39.8 Å². The number of amides is 1. The average molecular weight is 437 g/mol. The van der Waals surface area contributed by atoms with Gasteiger partial charge in [0, 0.05) is 10.6 Å². The van der Waals surface area contributed by atoms with E-state index in [1.807, 2.05) is 55.5 Å². The molecule has 0 radical (unpaired) electrons. The second kappa shape index (κ2) is 8.94. The zero-order valence-electron chi connectivity index (χ0n) is 16.7. The lowest BCUT2D eigenvalue weighted by Crippen LogP contribution is -2.19. The van der Waals surface area contributed by atoms with Crippen LogP contribution in [0.1, 0.15) is 24.5 Å². The smallest absolute Gasteiger partial charge is 0.264 e. The van der Waals surface area contributed by atoms with Gasteiger partial charge in [-0.15, -0.1) is 0 Å². The van der Waals surface area contributed by atoms with Crippen molar-refractivity contribution < 1.29 is 9.53 Å². The van der Waals surface area contributed by atoms with Crippen LogP contribution in [0, 0.1) is 6.92 Å². The highest BCUT2D eigenvalue weighted by atomic mass is 35.5. The summed E-state index contributed by atoms with van der Waals surface area (Å²) >= 11 is 7.35. The molecule has 1 N–H and O–H groups in total. The van der Waals surface area contributed by atoms with Gasteiger partial charge in [-0.3, -0.25) is 4.79 Å². The van der Waals surface area contributed by atoms with Crippen LogP contribution in [0.15, 0.2) is 64.5 Å². The summed E-state index contributed by atoms with van der Waals surface area (Å²) in [5, 5.41) is 6.22. The standard InChI is InChI=1S/C24H21ClN2O2S/c1-3-12-29-21-11-8-16-6-4-5-7-18(16)19(21)14-22-23(28)27-24(30-22)26-20-10-9-17(25)13-15(20)2/h4-11,13-14H,3,12H2,1-2H3,(H,26,27,28)/b22-14-. The van der Waals surface area contributed by atoms with E-state index in [9.17, 15) is 4.79 Å². The summed E-state index contributed by atoms with van der Waals surface area (Å²) < 4.78 is 5.96. The molecule has 1 fully saturated rings. The number of carbonyl (C=O) groups excluding carboxylic acids is 1. The van der Waals surface area contributed by atoms with Crippen LogP contribution in [0.5, 0.6) is 5.75 Å². The summed E-state index contributed by atoms with van der Waals surface area (Å²) in [4.78, 5) is 17.8. The number of ether oxygens (including phenoxy) is 1. The normalized spacial score (nSPS) is 16.4. The van der Waals surface area contributed by atoms with Crippen LogP contribution in [0.3, 0.4) is 0 Å². The Morgan fingerprint density at radius 2 is 2.00 bits per heavy atom. The molecule has 0 aliphatic carbocycles. The third-order valence-corrected chi connectivity index (χ3v) is 5.84. The van der Waals surface area contributed by atoms with Crippen LogP contribution in [0.25, 0.3) is 16.8 Å². The Balaban J connectivity index is 1.72. The Bertz CT molecular complexity index is 1190. The van der Waals surface area contributed by atoms with Gasteiger partial charge in [0.2, 0.25) is 0 Å². The van der Waals surface area contributed by atoms with Gasteiger partial charge in [0.05, 0.1) is 17.2 Å². The van der Waals surface area contributed by atoms with Crippen molar-refractivity contribution >= 4 is 57.0 Å². The van der Waals surface area contributed by atoms with Crippen molar-refractivity contribution in [3.8, 4) is 5.75 Å². The summed E-state index contributed by atoms with van der Waals surface area (Å²) in [5.41, 5.74) is 2.63. The Hall–Kier alpha value is -2.76. The number of nitrogens with zero attached hydrogens (tertiary/aromatic N) is 1. The van der Waals surface area contributed by atoms with Crippen molar-refractivity contribution in [2.24, 2.45) is 4.99 Å². The monoisotopic (exact) mass is 436 g/mol. The number of aliphatic imine (C=N–C) groups is 1. The van der Waals surface area contributed by atoms with Crippen LogP contribution in [0.2, 0.25) is 5.02 Å². The molecule has 0 saturated carbocycles. The highest BCUT2D eigenvalue weighted by Gasteiger charge is 2.25. The van der Waals surface area contributed by atoms with E-state index < -0.39 is 0 Å². The quantitative estimate of drug-likeness (QED) is 0.465. The lowest BCUT2D eigenvalue weighted by Gasteiger charge is -2.11. The minimum Gasteiger partial charge on any atom is -0.493 e. The number of thioether (sulfide) groups is 1. The maximum atomic E-state index is 12.6. The lowest BCUT2D eigenvalue weighted by molar-refractivity contribution is -0.115. The third-order valence-electron chi connectivity index (χ3n) is 4.70. The van der Waals surface area contributed by atoms with Crippen LogP contribution in [0.4, 0.5) is 5.69 Å². The number of amidine groups is 1. The fourth-order valence-electron chi connectivity index (χ4n) is 3.23. The Kier molecular flexibility index (Phi) is 6.11. The van der Waals surface area contributed by atoms with Crippen molar-refractivity contribution in [2.45, 2.75) is 20.3 Å². The first-order chi connectivity index (χ1) is 14.5. The van der Waals surface area contributed by atoms with Gasteiger partial charge in [0.15, 0.2) is 5.17 Å². The number of carbonyl (C=O) groups is 1. The molecule has 3 aromatic rings. The van der Waals surface area contributed by atoms with Gasteiger partial charge in [-0.05, 0) is 71.8 Å². The summed E-state index contributed by atoms with van der Waals surface area (Å²) in [7, 11) is 0. The Morgan fingerprint density at radius 1 is 1.17 bits per heavy atom. The van der Waals surface area contributed by atoms with Crippen LogP contribution < -0.4 is 10.1 Å². The van der Waals surface area contributed by atoms with Crippen LogP contribution in [-0.4, -0.2) is 17.7 Å². The molecule has 0 aromatic heterocycles. The molecule has 1 saturated heterocycles. The summed E-state index contributed by atoms with van der Waals surface area (Å²) in [6.07, 6.45) is 2.81.